The fraction of sp³-hybridized carbons (Fsp3) is 0.727. The average Bonchev–Trinajstić information content (AvgIpc) is 3.50. The van der Waals surface area contributed by atoms with Crippen molar-refractivity contribution in [2.75, 3.05) is 58.2 Å². The summed E-state index contributed by atoms with van der Waals surface area (Å²) in [5.41, 5.74) is 1.09. The standard InChI is InChI=1S/C22H34FN3O5/c1-14(2)19(13-30-7-6-23)24-21(28)18-4-5-20(26-9-17(10-26)29-3)22(25-18)31-12-16-8-15(16)11-27/h4-5,14-17,19,27H,6-13H2,1-3H3,(H,24,28)/t15-,16-,19?/m1/s1. The minimum absolute atomic E-state index is 0.0122. The molecule has 2 heterocycles. The summed E-state index contributed by atoms with van der Waals surface area (Å²) >= 11 is 0. The van der Waals surface area contributed by atoms with Gasteiger partial charge in [-0.15, -0.1) is 0 Å². The molecule has 0 bridgehead atoms. The SMILES string of the molecule is COC1CN(c2ccc(C(=O)NC(COCCF)C(C)C)nc2OC[C@H]2C[C@@H]2CO)C1. The largest absolute Gasteiger partial charge is 0.476 e. The third kappa shape index (κ3) is 6.27. The maximum Gasteiger partial charge on any atom is 0.270 e. The molecule has 1 aliphatic heterocycles. The number of carbonyl (C=O) groups excluding carboxylic acids is 1. The van der Waals surface area contributed by atoms with Crippen molar-refractivity contribution in [3.63, 3.8) is 0 Å². The zero-order valence-corrected chi connectivity index (χ0v) is 18.6. The molecule has 0 aromatic carbocycles. The number of anilines is 1. The van der Waals surface area contributed by atoms with Crippen LogP contribution in [0.3, 0.4) is 0 Å². The number of aliphatic hydroxyl groups is 1. The molecule has 1 aromatic heterocycles. The summed E-state index contributed by atoms with van der Waals surface area (Å²) in [6, 6.07) is 3.29. The maximum atomic E-state index is 12.8. The van der Waals surface area contributed by atoms with E-state index in [1.807, 2.05) is 19.9 Å². The third-order valence-electron chi connectivity index (χ3n) is 5.97. The Hall–Kier alpha value is -1.97. The van der Waals surface area contributed by atoms with Gasteiger partial charge in [-0.1, -0.05) is 13.8 Å². The Balaban J connectivity index is 1.69. The molecule has 1 saturated heterocycles. The Morgan fingerprint density at radius 1 is 1.35 bits per heavy atom. The van der Waals surface area contributed by atoms with Crippen molar-refractivity contribution in [1.29, 1.82) is 0 Å². The van der Waals surface area contributed by atoms with E-state index in [-0.39, 0.29) is 55.4 Å². The lowest BCUT2D eigenvalue weighted by Gasteiger charge is -2.40. The van der Waals surface area contributed by atoms with Crippen molar-refractivity contribution in [2.24, 2.45) is 17.8 Å². The molecule has 2 aliphatic rings. The van der Waals surface area contributed by atoms with Crippen molar-refractivity contribution in [3.8, 4) is 5.88 Å². The van der Waals surface area contributed by atoms with Gasteiger partial charge in [0.25, 0.3) is 5.91 Å². The van der Waals surface area contributed by atoms with Crippen molar-refractivity contribution in [3.05, 3.63) is 17.8 Å². The molecule has 9 heteroatoms. The quantitative estimate of drug-likeness (QED) is 0.452. The van der Waals surface area contributed by atoms with Crippen LogP contribution in [0.2, 0.25) is 0 Å². The van der Waals surface area contributed by atoms with Crippen LogP contribution in [0.1, 0.15) is 30.8 Å². The molecule has 0 spiro atoms. The summed E-state index contributed by atoms with van der Waals surface area (Å²) in [7, 11) is 1.69. The molecule has 2 N–H and O–H groups in total. The zero-order valence-electron chi connectivity index (χ0n) is 18.6. The number of hydrogen-bond acceptors (Lipinski definition) is 7. The molecular weight excluding hydrogens is 405 g/mol. The van der Waals surface area contributed by atoms with Crippen LogP contribution in [-0.4, -0.2) is 81.4 Å². The van der Waals surface area contributed by atoms with Crippen molar-refractivity contribution >= 4 is 11.6 Å². The molecule has 1 aromatic rings. The molecule has 1 unspecified atom stereocenters. The van der Waals surface area contributed by atoms with E-state index in [0.717, 1.165) is 25.2 Å². The second-order valence-corrected chi connectivity index (χ2v) is 8.62. The lowest BCUT2D eigenvalue weighted by atomic mass is 10.1. The molecule has 2 fully saturated rings. The first-order valence-corrected chi connectivity index (χ1v) is 10.9. The number of hydrogen-bond donors (Lipinski definition) is 2. The first-order valence-electron chi connectivity index (χ1n) is 10.9. The number of aliphatic hydroxyl groups excluding tert-OH is 1. The second kappa shape index (κ2) is 11.1. The zero-order chi connectivity index (χ0) is 22.4. The van der Waals surface area contributed by atoms with Crippen molar-refractivity contribution < 1.29 is 28.5 Å². The van der Waals surface area contributed by atoms with Gasteiger partial charge in [0.05, 0.1) is 32.0 Å². The molecule has 0 radical (unpaired) electrons. The predicted molar refractivity (Wildman–Crippen MR) is 114 cm³/mol. The number of alkyl halides is 1. The normalized spacial score (nSPS) is 21.7. The highest BCUT2D eigenvalue weighted by molar-refractivity contribution is 5.93. The van der Waals surface area contributed by atoms with Gasteiger partial charge in [-0.05, 0) is 36.3 Å². The Labute approximate surface area is 183 Å². The number of amides is 1. The predicted octanol–water partition coefficient (Wildman–Crippen LogP) is 1.66. The molecule has 8 nitrogen and oxygen atoms in total. The lowest BCUT2D eigenvalue weighted by Crippen LogP contribution is -2.52. The molecule has 174 valence electrons. The van der Waals surface area contributed by atoms with Crippen LogP contribution in [0.25, 0.3) is 0 Å². The molecular formula is C22H34FN3O5. The first-order chi connectivity index (χ1) is 15.0. The van der Waals surface area contributed by atoms with Gasteiger partial charge in [-0.25, -0.2) is 9.37 Å². The smallest absolute Gasteiger partial charge is 0.270 e. The van der Waals surface area contributed by atoms with Gasteiger partial charge in [-0.2, -0.15) is 0 Å². The number of nitrogens with zero attached hydrogens (tertiary/aromatic N) is 2. The van der Waals surface area contributed by atoms with Crippen LogP contribution in [0.4, 0.5) is 10.1 Å². The van der Waals surface area contributed by atoms with Crippen LogP contribution in [0.15, 0.2) is 12.1 Å². The monoisotopic (exact) mass is 439 g/mol. The average molecular weight is 440 g/mol. The number of methoxy groups -OCH3 is 1. The minimum Gasteiger partial charge on any atom is -0.476 e. The van der Waals surface area contributed by atoms with Gasteiger partial charge in [-0.3, -0.25) is 4.79 Å². The van der Waals surface area contributed by atoms with E-state index in [9.17, 15) is 14.3 Å². The molecule has 3 atom stereocenters. The molecule has 1 aliphatic carbocycles. The molecule has 31 heavy (non-hydrogen) atoms. The highest BCUT2D eigenvalue weighted by atomic mass is 19.1. The molecule has 3 rings (SSSR count). The van der Waals surface area contributed by atoms with Crippen LogP contribution in [0, 0.1) is 17.8 Å². The van der Waals surface area contributed by atoms with Gasteiger partial charge in [0.15, 0.2) is 0 Å². The van der Waals surface area contributed by atoms with Crippen molar-refractivity contribution in [2.45, 2.75) is 32.4 Å². The van der Waals surface area contributed by atoms with Gasteiger partial charge in [0, 0.05) is 26.8 Å². The summed E-state index contributed by atoms with van der Waals surface area (Å²) in [5.74, 6) is 0.819. The van der Waals surface area contributed by atoms with Gasteiger partial charge in [0.1, 0.15) is 18.1 Å². The Morgan fingerprint density at radius 2 is 2.13 bits per heavy atom. The van der Waals surface area contributed by atoms with E-state index in [4.69, 9.17) is 14.2 Å². The van der Waals surface area contributed by atoms with E-state index in [1.165, 1.54) is 0 Å². The number of halogens is 1. The Morgan fingerprint density at radius 3 is 2.74 bits per heavy atom. The second-order valence-electron chi connectivity index (χ2n) is 8.62. The van der Waals surface area contributed by atoms with Crippen LogP contribution < -0.4 is 15.0 Å². The van der Waals surface area contributed by atoms with Gasteiger partial charge in [0.2, 0.25) is 5.88 Å². The fourth-order valence-electron chi connectivity index (χ4n) is 3.52. The third-order valence-corrected chi connectivity index (χ3v) is 5.97. The highest BCUT2D eigenvalue weighted by Crippen LogP contribution is 2.39. The topological polar surface area (TPSA) is 93.2 Å². The van der Waals surface area contributed by atoms with E-state index in [0.29, 0.717) is 18.4 Å². The summed E-state index contributed by atoms with van der Waals surface area (Å²) in [5, 5.41) is 12.2. The van der Waals surface area contributed by atoms with Crippen LogP contribution >= 0.6 is 0 Å². The van der Waals surface area contributed by atoms with Crippen LogP contribution in [0.5, 0.6) is 5.88 Å². The molecule has 1 amide bonds. The summed E-state index contributed by atoms with van der Waals surface area (Å²) < 4.78 is 28.9. The summed E-state index contributed by atoms with van der Waals surface area (Å²) in [6.45, 7) is 5.75. The maximum absolute atomic E-state index is 12.8. The first kappa shape index (κ1) is 23.7. The minimum atomic E-state index is -0.555. The van der Waals surface area contributed by atoms with Crippen molar-refractivity contribution in [1.82, 2.24) is 10.3 Å². The lowest BCUT2D eigenvalue weighted by molar-refractivity contribution is 0.0729. The molecule has 1 saturated carbocycles. The number of carbonyl (C=O) groups is 1. The summed E-state index contributed by atoms with van der Waals surface area (Å²) in [4.78, 5) is 19.4. The van der Waals surface area contributed by atoms with Gasteiger partial charge < -0.3 is 29.5 Å². The van der Waals surface area contributed by atoms with Gasteiger partial charge >= 0.3 is 0 Å². The number of nitrogens with one attached hydrogen (secondary N) is 1. The summed E-state index contributed by atoms with van der Waals surface area (Å²) in [6.07, 6.45) is 1.12. The number of aromatic nitrogens is 1. The Kier molecular flexibility index (Phi) is 8.45. The fourth-order valence-corrected chi connectivity index (χ4v) is 3.52. The van der Waals surface area contributed by atoms with E-state index >= 15 is 0 Å². The number of rotatable bonds is 13. The Bertz CT molecular complexity index is 729. The van der Waals surface area contributed by atoms with E-state index in [1.54, 1.807) is 13.2 Å². The number of pyridine rings is 1. The number of ether oxygens (including phenoxy) is 3. The van der Waals surface area contributed by atoms with Crippen LogP contribution in [-0.2, 0) is 9.47 Å². The highest BCUT2D eigenvalue weighted by Gasteiger charge is 2.37. The van der Waals surface area contributed by atoms with E-state index < -0.39 is 6.67 Å². The van der Waals surface area contributed by atoms with E-state index in [2.05, 4.69) is 15.2 Å².